The van der Waals surface area contributed by atoms with E-state index in [9.17, 15) is 18.0 Å². The van der Waals surface area contributed by atoms with Crippen molar-refractivity contribution in [1.29, 1.82) is 0 Å². The van der Waals surface area contributed by atoms with Crippen molar-refractivity contribution < 1.29 is 27.4 Å². The van der Waals surface area contributed by atoms with Crippen molar-refractivity contribution in [3.8, 4) is 11.5 Å². The van der Waals surface area contributed by atoms with E-state index in [0.717, 1.165) is 17.2 Å². The molecule has 0 aliphatic carbocycles. The number of benzene rings is 2. The van der Waals surface area contributed by atoms with Crippen molar-refractivity contribution in [1.82, 2.24) is 5.32 Å². The number of allylic oxidation sites excluding steroid dienone is 1. The number of amides is 1. The molecule has 8 heteroatoms. The van der Waals surface area contributed by atoms with Crippen LogP contribution < -0.4 is 14.8 Å². The predicted molar refractivity (Wildman–Crippen MR) is 119 cm³/mol. The number of nitrogens with one attached hydrogen (secondary N) is 1. The highest BCUT2D eigenvalue weighted by molar-refractivity contribution is 6.12. The van der Waals surface area contributed by atoms with Crippen LogP contribution in [0.15, 0.2) is 65.7 Å². The number of methoxy groups -OCH3 is 1. The molecule has 2 aromatic rings. The summed E-state index contributed by atoms with van der Waals surface area (Å²) in [6, 6.07) is 9.41. The lowest BCUT2D eigenvalue weighted by Crippen LogP contribution is -2.38. The minimum absolute atomic E-state index is 0.0300. The molecular formula is C25H23F3N2O3. The van der Waals surface area contributed by atoms with Crippen molar-refractivity contribution in [2.75, 3.05) is 13.7 Å². The molecule has 2 aliphatic rings. The topological polar surface area (TPSA) is 59.9 Å². The second kappa shape index (κ2) is 9.13. The maximum absolute atomic E-state index is 13.6. The average Bonchev–Trinajstić information content (AvgIpc) is 3.25. The van der Waals surface area contributed by atoms with E-state index in [4.69, 9.17) is 9.47 Å². The quantitative estimate of drug-likeness (QED) is 0.599. The molecule has 2 aromatic carbocycles. The van der Waals surface area contributed by atoms with Crippen molar-refractivity contribution in [2.24, 2.45) is 4.99 Å². The van der Waals surface area contributed by atoms with E-state index in [0.29, 0.717) is 35.9 Å². The molecule has 1 N–H and O–H groups in total. The van der Waals surface area contributed by atoms with E-state index in [1.165, 1.54) is 13.2 Å². The van der Waals surface area contributed by atoms with Gasteiger partial charge in [-0.1, -0.05) is 30.4 Å². The fourth-order valence-electron chi connectivity index (χ4n) is 4.10. The summed E-state index contributed by atoms with van der Waals surface area (Å²) in [5.41, 5.74) is 1.64. The summed E-state index contributed by atoms with van der Waals surface area (Å²) in [5.74, 6) is 1.01. The fraction of sp³-hybridized carbons (Fsp3) is 0.280. The van der Waals surface area contributed by atoms with Gasteiger partial charge in [-0.05, 0) is 35.7 Å². The third-order valence-electron chi connectivity index (χ3n) is 5.69. The summed E-state index contributed by atoms with van der Waals surface area (Å²) in [7, 11) is 1.46. The summed E-state index contributed by atoms with van der Waals surface area (Å²) in [6.07, 6.45) is -0.336. The number of piperidine rings is 1. The van der Waals surface area contributed by atoms with Gasteiger partial charge in [-0.2, -0.15) is 13.2 Å². The van der Waals surface area contributed by atoms with Crippen LogP contribution in [-0.4, -0.2) is 25.4 Å². The maximum atomic E-state index is 13.6. The molecule has 1 unspecified atom stereocenters. The smallest absolute Gasteiger partial charge is 0.416 e. The molecule has 1 fully saturated rings. The van der Waals surface area contributed by atoms with Crippen LogP contribution in [0.4, 0.5) is 13.2 Å². The number of amidine groups is 1. The van der Waals surface area contributed by atoms with Gasteiger partial charge in [0.05, 0.1) is 19.2 Å². The molecular weight excluding hydrogens is 433 g/mol. The van der Waals surface area contributed by atoms with Gasteiger partial charge in [-0.15, -0.1) is 6.58 Å². The monoisotopic (exact) mass is 456 g/mol. The first-order chi connectivity index (χ1) is 15.8. The Hall–Kier alpha value is -3.55. The number of aliphatic imine (C=N–C) groups is 1. The van der Waals surface area contributed by atoms with Gasteiger partial charge in [0, 0.05) is 23.5 Å². The van der Waals surface area contributed by atoms with Crippen LogP contribution in [0.1, 0.15) is 34.6 Å². The van der Waals surface area contributed by atoms with Gasteiger partial charge < -0.3 is 14.8 Å². The van der Waals surface area contributed by atoms with E-state index < -0.39 is 11.7 Å². The Balaban J connectivity index is 1.57. The van der Waals surface area contributed by atoms with E-state index in [1.807, 2.05) is 6.08 Å². The Morgan fingerprint density at radius 2 is 2.03 bits per heavy atom. The van der Waals surface area contributed by atoms with Crippen LogP contribution in [0.3, 0.4) is 0 Å². The lowest BCUT2D eigenvalue weighted by atomic mass is 9.85. The van der Waals surface area contributed by atoms with Crippen molar-refractivity contribution in [3.63, 3.8) is 0 Å². The normalized spacial score (nSPS) is 17.6. The van der Waals surface area contributed by atoms with Gasteiger partial charge in [0.25, 0.3) is 0 Å². The van der Waals surface area contributed by atoms with Crippen LogP contribution in [0.25, 0.3) is 0 Å². The number of nitrogens with zero attached hydrogens (tertiary/aromatic N) is 1. The van der Waals surface area contributed by atoms with Crippen LogP contribution in [0.5, 0.6) is 11.5 Å². The first-order valence-corrected chi connectivity index (χ1v) is 10.5. The third kappa shape index (κ3) is 4.79. The van der Waals surface area contributed by atoms with Crippen LogP contribution in [-0.2, 0) is 24.0 Å². The third-order valence-corrected chi connectivity index (χ3v) is 5.69. The highest BCUT2D eigenvalue weighted by Crippen LogP contribution is 2.39. The van der Waals surface area contributed by atoms with Crippen LogP contribution >= 0.6 is 0 Å². The van der Waals surface area contributed by atoms with Crippen molar-refractivity contribution in [3.05, 3.63) is 83.0 Å². The SMILES string of the molecule is C=CCc1ccc(COc2ccc(C3CC(=O)NC4=NCC=C43)cc2OC)c(C(F)(F)F)c1. The zero-order valence-electron chi connectivity index (χ0n) is 18.0. The fourth-order valence-corrected chi connectivity index (χ4v) is 4.10. The summed E-state index contributed by atoms with van der Waals surface area (Å²) in [5, 5.41) is 2.78. The molecule has 1 atom stereocenters. The summed E-state index contributed by atoms with van der Waals surface area (Å²) >= 11 is 0. The van der Waals surface area contributed by atoms with E-state index in [-0.39, 0.29) is 30.4 Å². The molecule has 0 bridgehead atoms. The minimum atomic E-state index is -4.50. The van der Waals surface area contributed by atoms with Crippen molar-refractivity contribution >= 4 is 11.7 Å². The number of carbonyl (C=O) groups excluding carboxylic acids is 1. The predicted octanol–water partition coefficient (Wildman–Crippen LogP) is 4.96. The molecule has 33 heavy (non-hydrogen) atoms. The van der Waals surface area contributed by atoms with Gasteiger partial charge in [0.2, 0.25) is 5.91 Å². The van der Waals surface area contributed by atoms with Crippen LogP contribution in [0.2, 0.25) is 0 Å². The van der Waals surface area contributed by atoms with E-state index in [1.54, 1.807) is 30.3 Å². The number of fused-ring (bicyclic) bond motifs is 1. The molecule has 172 valence electrons. The van der Waals surface area contributed by atoms with E-state index >= 15 is 0 Å². The van der Waals surface area contributed by atoms with E-state index in [2.05, 4.69) is 16.9 Å². The lowest BCUT2D eigenvalue weighted by molar-refractivity contribution is -0.138. The molecule has 4 rings (SSSR count). The van der Waals surface area contributed by atoms with Gasteiger partial charge in [0.1, 0.15) is 12.4 Å². The number of alkyl halides is 3. The Morgan fingerprint density at radius 3 is 2.76 bits per heavy atom. The first-order valence-electron chi connectivity index (χ1n) is 10.5. The first kappa shape index (κ1) is 22.6. The number of halogens is 3. The van der Waals surface area contributed by atoms with Gasteiger partial charge in [-0.3, -0.25) is 9.79 Å². The second-order valence-electron chi connectivity index (χ2n) is 7.83. The summed E-state index contributed by atoms with van der Waals surface area (Å²) in [6.45, 7) is 3.83. The van der Waals surface area contributed by atoms with Crippen LogP contribution in [0, 0.1) is 0 Å². The number of hydrogen-bond donors (Lipinski definition) is 1. The zero-order chi connectivity index (χ0) is 23.6. The highest BCUT2D eigenvalue weighted by atomic mass is 19.4. The Morgan fingerprint density at radius 1 is 1.21 bits per heavy atom. The summed E-state index contributed by atoms with van der Waals surface area (Å²) in [4.78, 5) is 16.4. The molecule has 5 nitrogen and oxygen atoms in total. The molecule has 1 saturated heterocycles. The molecule has 0 spiro atoms. The molecule has 0 saturated carbocycles. The van der Waals surface area contributed by atoms with Gasteiger partial charge in [0.15, 0.2) is 11.5 Å². The van der Waals surface area contributed by atoms with Gasteiger partial charge >= 0.3 is 6.18 Å². The lowest BCUT2D eigenvalue weighted by Gasteiger charge is -2.26. The second-order valence-corrected chi connectivity index (χ2v) is 7.83. The molecule has 1 amide bonds. The Kier molecular flexibility index (Phi) is 6.26. The number of hydrogen-bond acceptors (Lipinski definition) is 4. The number of rotatable bonds is 7. The highest BCUT2D eigenvalue weighted by Gasteiger charge is 2.34. The molecule has 0 radical (unpaired) electrons. The summed E-state index contributed by atoms with van der Waals surface area (Å²) < 4.78 is 51.9. The number of carbonyl (C=O) groups is 1. The molecule has 2 heterocycles. The largest absolute Gasteiger partial charge is 0.493 e. The number of ether oxygens (including phenoxy) is 2. The molecule has 2 aliphatic heterocycles. The standard InChI is InChI=1S/C25H23F3N2O3/c1-3-4-15-5-6-17(20(11-15)25(26,27)28)14-33-21-8-7-16(12-22(21)32-2)19-13-23(31)30-24-18(19)9-10-29-24/h3,5-9,11-12,19H,1,4,10,13-14H2,2H3,(H,29,30,31). The molecule has 0 aromatic heterocycles. The average molecular weight is 456 g/mol. The van der Waals surface area contributed by atoms with Crippen molar-refractivity contribution in [2.45, 2.75) is 31.5 Å². The Labute approximate surface area is 189 Å². The zero-order valence-corrected chi connectivity index (χ0v) is 18.0. The maximum Gasteiger partial charge on any atom is 0.416 e. The minimum Gasteiger partial charge on any atom is -0.493 e. The Bertz CT molecular complexity index is 1150. The van der Waals surface area contributed by atoms with Gasteiger partial charge in [-0.25, -0.2) is 0 Å².